The molecule has 1 aliphatic heterocycles. The summed E-state index contributed by atoms with van der Waals surface area (Å²) in [5.41, 5.74) is 0.588. The van der Waals surface area contributed by atoms with E-state index in [1.165, 1.54) is 0 Å². The summed E-state index contributed by atoms with van der Waals surface area (Å²) >= 11 is 11.8. The van der Waals surface area contributed by atoms with Gasteiger partial charge in [0.2, 0.25) is 0 Å². The van der Waals surface area contributed by atoms with Crippen molar-refractivity contribution >= 4 is 34.9 Å². The van der Waals surface area contributed by atoms with Gasteiger partial charge in [-0.2, -0.15) is 0 Å². The molecule has 0 radical (unpaired) electrons. The lowest BCUT2D eigenvalue weighted by molar-refractivity contribution is 0.0820. The monoisotopic (exact) mass is 316 g/mol. The highest BCUT2D eigenvalue weighted by Crippen LogP contribution is 2.24. The van der Waals surface area contributed by atoms with Gasteiger partial charge in [0.15, 0.2) is 0 Å². The fourth-order valence-electron chi connectivity index (χ4n) is 2.41. The van der Waals surface area contributed by atoms with Crippen molar-refractivity contribution in [3.63, 3.8) is 0 Å². The molecule has 110 valence electrons. The van der Waals surface area contributed by atoms with Crippen molar-refractivity contribution in [2.45, 2.75) is 25.9 Å². The van der Waals surface area contributed by atoms with E-state index in [4.69, 9.17) is 23.2 Å². The molecule has 1 aliphatic rings. The molecule has 4 nitrogen and oxygen atoms in total. The summed E-state index contributed by atoms with van der Waals surface area (Å²) in [6.45, 7) is 3.10. The van der Waals surface area contributed by atoms with Gasteiger partial charge >= 0.3 is 6.03 Å². The van der Waals surface area contributed by atoms with E-state index < -0.39 is 0 Å². The molecule has 1 atom stereocenters. The number of hydrogen-bond donors (Lipinski definition) is 2. The lowest BCUT2D eigenvalue weighted by Crippen LogP contribution is -2.42. The number of anilines is 1. The number of urea groups is 1. The second kappa shape index (κ2) is 6.66. The molecule has 0 saturated carbocycles. The molecule has 1 fully saturated rings. The van der Waals surface area contributed by atoms with Crippen LogP contribution in [0.5, 0.6) is 0 Å². The quantitative estimate of drug-likeness (QED) is 0.875. The van der Waals surface area contributed by atoms with Crippen LogP contribution >= 0.6 is 23.2 Å². The number of nitrogens with zero attached hydrogens (tertiary/aromatic N) is 1. The number of halogens is 2. The standard InChI is InChI=1S/C14H18Cl2N2O2/c1-9(19)10-2-4-18(5-3-10)14(20)17-13-7-11(15)6-12(16)8-13/h6-10,19H,2-5H2,1H3,(H,17,20). The van der Waals surface area contributed by atoms with E-state index in [9.17, 15) is 9.90 Å². The van der Waals surface area contributed by atoms with E-state index >= 15 is 0 Å². The van der Waals surface area contributed by atoms with Gasteiger partial charge in [-0.05, 0) is 43.9 Å². The highest BCUT2D eigenvalue weighted by Gasteiger charge is 2.25. The molecule has 1 unspecified atom stereocenters. The molecule has 1 saturated heterocycles. The van der Waals surface area contributed by atoms with E-state index in [1.54, 1.807) is 30.0 Å². The fourth-order valence-corrected chi connectivity index (χ4v) is 2.94. The molecular weight excluding hydrogens is 299 g/mol. The third-order valence-corrected chi connectivity index (χ3v) is 4.06. The van der Waals surface area contributed by atoms with Gasteiger partial charge in [0.05, 0.1) is 6.10 Å². The second-order valence-corrected chi connectivity index (χ2v) is 6.03. The highest BCUT2D eigenvalue weighted by molar-refractivity contribution is 6.35. The largest absolute Gasteiger partial charge is 0.393 e. The van der Waals surface area contributed by atoms with Gasteiger partial charge < -0.3 is 15.3 Å². The van der Waals surface area contributed by atoms with E-state index in [0.29, 0.717) is 28.8 Å². The van der Waals surface area contributed by atoms with Crippen molar-refractivity contribution in [1.82, 2.24) is 4.90 Å². The Bertz CT molecular complexity index is 466. The zero-order valence-electron chi connectivity index (χ0n) is 11.3. The Morgan fingerprint density at radius 3 is 2.35 bits per heavy atom. The molecule has 2 N–H and O–H groups in total. The van der Waals surface area contributed by atoms with E-state index in [0.717, 1.165) is 12.8 Å². The maximum atomic E-state index is 12.1. The van der Waals surface area contributed by atoms with Crippen LogP contribution in [0.3, 0.4) is 0 Å². The molecule has 2 amide bonds. The minimum absolute atomic E-state index is 0.160. The summed E-state index contributed by atoms with van der Waals surface area (Å²) in [7, 11) is 0. The van der Waals surface area contributed by atoms with Crippen LogP contribution in [0.2, 0.25) is 10.0 Å². The van der Waals surface area contributed by atoms with Crippen LogP contribution in [0.15, 0.2) is 18.2 Å². The van der Waals surface area contributed by atoms with Gasteiger partial charge in [0.1, 0.15) is 0 Å². The van der Waals surface area contributed by atoms with Crippen LogP contribution in [0.4, 0.5) is 10.5 Å². The van der Waals surface area contributed by atoms with Crippen molar-refractivity contribution in [3.8, 4) is 0 Å². The number of rotatable bonds is 2. The number of benzene rings is 1. The Labute approximate surface area is 128 Å². The number of aliphatic hydroxyl groups excluding tert-OH is 1. The van der Waals surface area contributed by atoms with Crippen LogP contribution in [0.1, 0.15) is 19.8 Å². The molecule has 6 heteroatoms. The Kier molecular flexibility index (Phi) is 5.13. The lowest BCUT2D eigenvalue weighted by Gasteiger charge is -2.33. The minimum Gasteiger partial charge on any atom is -0.393 e. The third kappa shape index (κ3) is 4.01. The topological polar surface area (TPSA) is 52.6 Å². The number of likely N-dealkylation sites (tertiary alicyclic amines) is 1. The Balaban J connectivity index is 1.92. The van der Waals surface area contributed by atoms with E-state index in [2.05, 4.69) is 5.32 Å². The van der Waals surface area contributed by atoms with Crippen molar-refractivity contribution in [2.75, 3.05) is 18.4 Å². The number of carbonyl (C=O) groups excluding carboxylic acids is 1. The predicted octanol–water partition coefficient (Wildman–Crippen LogP) is 3.62. The summed E-state index contributed by atoms with van der Waals surface area (Å²) in [4.78, 5) is 13.9. The summed E-state index contributed by atoms with van der Waals surface area (Å²) in [5, 5.41) is 13.3. The Morgan fingerprint density at radius 2 is 1.85 bits per heavy atom. The molecule has 1 aromatic rings. The van der Waals surface area contributed by atoms with Gasteiger partial charge in [-0.15, -0.1) is 0 Å². The van der Waals surface area contributed by atoms with Crippen LogP contribution in [-0.2, 0) is 0 Å². The predicted molar refractivity (Wildman–Crippen MR) is 81.5 cm³/mol. The number of hydrogen-bond acceptors (Lipinski definition) is 2. The molecule has 1 heterocycles. The molecule has 2 rings (SSSR count). The first-order valence-electron chi connectivity index (χ1n) is 6.66. The summed E-state index contributed by atoms with van der Waals surface area (Å²) in [6, 6.07) is 4.78. The van der Waals surface area contributed by atoms with Crippen molar-refractivity contribution in [1.29, 1.82) is 0 Å². The average Bonchev–Trinajstić information content (AvgIpc) is 2.37. The first-order chi connectivity index (χ1) is 9.45. The zero-order chi connectivity index (χ0) is 14.7. The second-order valence-electron chi connectivity index (χ2n) is 5.15. The van der Waals surface area contributed by atoms with Gasteiger partial charge in [-0.1, -0.05) is 23.2 Å². The molecule has 0 spiro atoms. The summed E-state index contributed by atoms with van der Waals surface area (Å²) in [6.07, 6.45) is 1.33. The summed E-state index contributed by atoms with van der Waals surface area (Å²) in [5.74, 6) is 0.277. The molecule has 1 aromatic carbocycles. The molecule has 0 bridgehead atoms. The maximum absolute atomic E-state index is 12.1. The average molecular weight is 317 g/mol. The van der Waals surface area contributed by atoms with Gasteiger partial charge in [0, 0.05) is 28.8 Å². The first kappa shape index (κ1) is 15.4. The minimum atomic E-state index is -0.313. The van der Waals surface area contributed by atoms with Crippen molar-refractivity contribution in [3.05, 3.63) is 28.2 Å². The smallest absolute Gasteiger partial charge is 0.321 e. The molecule has 0 aromatic heterocycles. The van der Waals surface area contributed by atoms with Crippen LogP contribution < -0.4 is 5.32 Å². The Morgan fingerprint density at radius 1 is 1.30 bits per heavy atom. The van der Waals surface area contributed by atoms with Gasteiger partial charge in [-0.25, -0.2) is 4.79 Å². The van der Waals surface area contributed by atoms with Crippen LogP contribution in [0.25, 0.3) is 0 Å². The Hall–Kier alpha value is -0.970. The zero-order valence-corrected chi connectivity index (χ0v) is 12.8. The van der Waals surface area contributed by atoms with E-state index in [-0.39, 0.29) is 18.1 Å². The van der Waals surface area contributed by atoms with Gasteiger partial charge in [-0.3, -0.25) is 0 Å². The third-order valence-electron chi connectivity index (χ3n) is 3.62. The number of aliphatic hydroxyl groups is 1. The highest BCUT2D eigenvalue weighted by atomic mass is 35.5. The van der Waals surface area contributed by atoms with Crippen molar-refractivity contribution in [2.24, 2.45) is 5.92 Å². The normalized spacial score (nSPS) is 17.9. The number of amides is 2. The van der Waals surface area contributed by atoms with Crippen LogP contribution in [0, 0.1) is 5.92 Å². The summed E-state index contributed by atoms with van der Waals surface area (Å²) < 4.78 is 0. The SMILES string of the molecule is CC(O)C1CCN(C(=O)Nc2cc(Cl)cc(Cl)c2)CC1. The maximum Gasteiger partial charge on any atom is 0.321 e. The van der Waals surface area contributed by atoms with Crippen LogP contribution in [-0.4, -0.2) is 35.2 Å². The van der Waals surface area contributed by atoms with Gasteiger partial charge in [0.25, 0.3) is 0 Å². The molecule has 0 aliphatic carbocycles. The number of nitrogens with one attached hydrogen (secondary N) is 1. The van der Waals surface area contributed by atoms with Crippen molar-refractivity contribution < 1.29 is 9.90 Å². The molecular formula is C14H18Cl2N2O2. The number of piperidine rings is 1. The number of carbonyl (C=O) groups is 1. The first-order valence-corrected chi connectivity index (χ1v) is 7.41. The lowest BCUT2D eigenvalue weighted by atomic mass is 9.92. The molecule has 20 heavy (non-hydrogen) atoms. The van der Waals surface area contributed by atoms with E-state index in [1.807, 2.05) is 0 Å². The fraction of sp³-hybridized carbons (Fsp3) is 0.500.